The first-order valence-electron chi connectivity index (χ1n) is 14.0. The van der Waals surface area contributed by atoms with E-state index >= 15 is 0 Å². The second-order valence-corrected chi connectivity index (χ2v) is 10.3. The van der Waals surface area contributed by atoms with Crippen LogP contribution in [0.25, 0.3) is 0 Å². The summed E-state index contributed by atoms with van der Waals surface area (Å²) in [5.41, 5.74) is 5.34. The van der Waals surface area contributed by atoms with Gasteiger partial charge in [0, 0.05) is 12.0 Å². The smallest absolute Gasteiger partial charge is 0.162 e. The number of carbonyl (C=O) groups is 1. The Hall–Kier alpha value is -1.15. The van der Waals surface area contributed by atoms with Crippen molar-refractivity contribution in [2.75, 3.05) is 19.6 Å². The van der Waals surface area contributed by atoms with Crippen molar-refractivity contribution in [3.63, 3.8) is 0 Å². The predicted octanol–water partition coefficient (Wildman–Crippen LogP) is 8.19. The van der Waals surface area contributed by atoms with Crippen molar-refractivity contribution in [2.24, 2.45) is 5.92 Å². The lowest BCUT2D eigenvalue weighted by Gasteiger charge is -2.23. The zero-order valence-electron chi connectivity index (χ0n) is 21.8. The number of rotatable bonds is 4. The SMILES string of the molecule is CCCN1CCCCCCCCC(=O)c2cc(CC)c(CC)c(c2)CCCC[C@@H](C)CC1. The molecule has 32 heavy (non-hydrogen) atoms. The molecule has 0 N–H and O–H groups in total. The third-order valence-electron chi connectivity index (χ3n) is 7.49. The molecule has 2 nitrogen and oxygen atoms in total. The Balaban J connectivity index is 2.07. The third-order valence-corrected chi connectivity index (χ3v) is 7.49. The van der Waals surface area contributed by atoms with E-state index in [1.165, 1.54) is 101 Å². The van der Waals surface area contributed by atoms with Gasteiger partial charge in [0.2, 0.25) is 0 Å². The summed E-state index contributed by atoms with van der Waals surface area (Å²) >= 11 is 0. The Kier molecular flexibility index (Phi) is 13.2. The Bertz CT molecular complexity index is 665. The van der Waals surface area contributed by atoms with Gasteiger partial charge in [0.1, 0.15) is 0 Å². The minimum atomic E-state index is 0.363. The molecule has 1 aromatic carbocycles. The minimum Gasteiger partial charge on any atom is -0.303 e. The van der Waals surface area contributed by atoms with Crippen LogP contribution in [0, 0.1) is 5.92 Å². The molecule has 1 atom stereocenters. The van der Waals surface area contributed by atoms with E-state index in [0.29, 0.717) is 5.78 Å². The van der Waals surface area contributed by atoms with Gasteiger partial charge in [-0.05, 0) is 106 Å². The lowest BCUT2D eigenvalue weighted by molar-refractivity contribution is 0.0979. The number of aryl methyl sites for hydroxylation is 2. The lowest BCUT2D eigenvalue weighted by Crippen LogP contribution is -2.28. The first-order valence-corrected chi connectivity index (χ1v) is 14.0. The van der Waals surface area contributed by atoms with Crippen LogP contribution in [0.5, 0.6) is 0 Å². The van der Waals surface area contributed by atoms with E-state index in [4.69, 9.17) is 0 Å². The highest BCUT2D eigenvalue weighted by atomic mass is 16.1. The van der Waals surface area contributed by atoms with E-state index in [1.807, 2.05) is 0 Å². The number of fused-ring (bicyclic) bond motifs is 2. The van der Waals surface area contributed by atoms with Gasteiger partial charge in [-0.25, -0.2) is 0 Å². The van der Waals surface area contributed by atoms with Crippen molar-refractivity contribution >= 4 is 5.78 Å². The summed E-state index contributed by atoms with van der Waals surface area (Å²) in [6, 6.07) is 4.46. The standard InChI is InChI=1S/C30H51NO/c1-5-20-31-21-15-11-9-8-10-12-18-30(32)28-23-26(6-2)29(7-3)27(24-28)17-14-13-16-25(4)19-22-31/h23-25H,5-22H2,1-4H3/t25-/m1/s1. The maximum atomic E-state index is 13.0. The Morgan fingerprint density at radius 3 is 2.25 bits per heavy atom. The maximum Gasteiger partial charge on any atom is 0.162 e. The van der Waals surface area contributed by atoms with E-state index in [2.05, 4.69) is 44.7 Å². The van der Waals surface area contributed by atoms with Crippen LogP contribution in [0.15, 0.2) is 12.1 Å². The Morgan fingerprint density at radius 2 is 1.53 bits per heavy atom. The zero-order valence-corrected chi connectivity index (χ0v) is 21.8. The van der Waals surface area contributed by atoms with Gasteiger partial charge in [0.05, 0.1) is 0 Å². The van der Waals surface area contributed by atoms with Crippen LogP contribution in [0.3, 0.4) is 0 Å². The number of nitrogens with zero attached hydrogens (tertiary/aromatic N) is 1. The number of hydrogen-bond acceptors (Lipinski definition) is 2. The molecule has 0 spiro atoms. The second-order valence-electron chi connectivity index (χ2n) is 10.3. The van der Waals surface area contributed by atoms with Crippen molar-refractivity contribution < 1.29 is 4.79 Å². The Morgan fingerprint density at radius 1 is 0.812 bits per heavy atom. The van der Waals surface area contributed by atoms with Gasteiger partial charge in [0.25, 0.3) is 0 Å². The summed E-state index contributed by atoms with van der Waals surface area (Å²) in [6.45, 7) is 13.1. The third kappa shape index (κ3) is 9.38. The summed E-state index contributed by atoms with van der Waals surface area (Å²) in [4.78, 5) is 15.7. The molecule has 0 fully saturated rings. The van der Waals surface area contributed by atoms with Crippen LogP contribution in [-0.4, -0.2) is 30.3 Å². The van der Waals surface area contributed by atoms with Crippen LogP contribution in [0.1, 0.15) is 132 Å². The number of Topliss-reactive ketones (excluding diaryl/α,β-unsaturated/α-hetero) is 1. The molecule has 0 saturated heterocycles. The fourth-order valence-electron chi connectivity index (χ4n) is 5.43. The molecule has 1 aliphatic heterocycles. The van der Waals surface area contributed by atoms with E-state index in [0.717, 1.165) is 43.6 Å². The summed E-state index contributed by atoms with van der Waals surface area (Å²) in [5.74, 6) is 1.17. The summed E-state index contributed by atoms with van der Waals surface area (Å²) < 4.78 is 0. The highest BCUT2D eigenvalue weighted by Crippen LogP contribution is 2.24. The number of benzene rings is 1. The molecule has 0 unspecified atom stereocenters. The van der Waals surface area contributed by atoms with E-state index in [9.17, 15) is 4.79 Å². The largest absolute Gasteiger partial charge is 0.303 e. The van der Waals surface area contributed by atoms with Crippen LogP contribution in [-0.2, 0) is 19.3 Å². The van der Waals surface area contributed by atoms with Crippen LogP contribution < -0.4 is 0 Å². The summed E-state index contributed by atoms with van der Waals surface area (Å²) in [7, 11) is 0. The highest BCUT2D eigenvalue weighted by molar-refractivity contribution is 5.96. The zero-order chi connectivity index (χ0) is 23.2. The van der Waals surface area contributed by atoms with Crippen LogP contribution >= 0.6 is 0 Å². The van der Waals surface area contributed by atoms with Crippen LogP contribution in [0.4, 0.5) is 0 Å². The molecule has 1 heterocycles. The summed E-state index contributed by atoms with van der Waals surface area (Å²) in [5, 5.41) is 0. The van der Waals surface area contributed by atoms with Gasteiger partial charge in [-0.2, -0.15) is 0 Å². The molecule has 182 valence electrons. The van der Waals surface area contributed by atoms with Gasteiger partial charge in [0.15, 0.2) is 5.78 Å². The molecule has 0 amide bonds. The molecule has 0 saturated carbocycles. The topological polar surface area (TPSA) is 20.3 Å². The van der Waals surface area contributed by atoms with Crippen molar-refractivity contribution in [1.29, 1.82) is 0 Å². The molecule has 0 radical (unpaired) electrons. The normalized spacial score (nSPS) is 21.4. The predicted molar refractivity (Wildman–Crippen MR) is 140 cm³/mol. The molecule has 2 bridgehead atoms. The second kappa shape index (κ2) is 15.6. The molecular weight excluding hydrogens is 390 g/mol. The quantitative estimate of drug-likeness (QED) is 0.469. The first kappa shape index (κ1) is 27.1. The van der Waals surface area contributed by atoms with Crippen molar-refractivity contribution in [1.82, 2.24) is 4.90 Å². The highest BCUT2D eigenvalue weighted by Gasteiger charge is 2.14. The maximum absolute atomic E-state index is 13.0. The lowest BCUT2D eigenvalue weighted by atomic mass is 9.89. The molecule has 2 heteroatoms. The summed E-state index contributed by atoms with van der Waals surface area (Å²) in [6.07, 6.45) is 18.0. The number of hydrogen-bond donors (Lipinski definition) is 0. The van der Waals surface area contributed by atoms with Gasteiger partial charge < -0.3 is 4.90 Å². The van der Waals surface area contributed by atoms with Gasteiger partial charge in [-0.1, -0.05) is 66.2 Å². The monoisotopic (exact) mass is 441 g/mol. The average Bonchev–Trinajstić information content (AvgIpc) is 2.80. The fraction of sp³-hybridized carbons (Fsp3) is 0.767. The van der Waals surface area contributed by atoms with Crippen molar-refractivity contribution in [2.45, 2.75) is 124 Å². The van der Waals surface area contributed by atoms with Crippen molar-refractivity contribution in [3.8, 4) is 0 Å². The molecule has 0 aromatic heterocycles. The average molecular weight is 442 g/mol. The fourth-order valence-corrected chi connectivity index (χ4v) is 5.43. The van der Waals surface area contributed by atoms with Gasteiger partial charge >= 0.3 is 0 Å². The molecule has 2 rings (SSSR count). The number of ketones is 1. The first-order chi connectivity index (χ1) is 15.6. The molecular formula is C30H51NO. The Labute approximate surface area is 199 Å². The molecule has 1 aliphatic rings. The number of carbonyl (C=O) groups excluding carboxylic acids is 1. The van der Waals surface area contributed by atoms with Crippen LogP contribution in [0.2, 0.25) is 0 Å². The van der Waals surface area contributed by atoms with Gasteiger partial charge in [-0.3, -0.25) is 4.79 Å². The van der Waals surface area contributed by atoms with E-state index < -0.39 is 0 Å². The molecule has 0 aliphatic carbocycles. The van der Waals surface area contributed by atoms with E-state index in [-0.39, 0.29) is 0 Å². The van der Waals surface area contributed by atoms with Crippen molar-refractivity contribution in [3.05, 3.63) is 34.4 Å². The van der Waals surface area contributed by atoms with Gasteiger partial charge in [-0.15, -0.1) is 0 Å². The van der Waals surface area contributed by atoms with E-state index in [1.54, 1.807) is 0 Å². The molecule has 1 aromatic rings. The minimum absolute atomic E-state index is 0.363.